The Morgan fingerprint density at radius 1 is 1.16 bits per heavy atom. The van der Waals surface area contributed by atoms with Crippen LogP contribution in [0, 0.1) is 17.8 Å². The van der Waals surface area contributed by atoms with E-state index in [1.165, 1.54) is 46.5 Å². The van der Waals surface area contributed by atoms with Crippen LogP contribution < -0.4 is 5.32 Å². The van der Waals surface area contributed by atoms with Crippen molar-refractivity contribution in [2.24, 2.45) is 17.8 Å². The number of ketones is 3. The number of unbranched alkanes of at least 4 members (excludes halogenated alkanes) is 4. The topological polar surface area (TPSA) is 110 Å². The molecule has 210 valence electrons. The summed E-state index contributed by atoms with van der Waals surface area (Å²) >= 11 is 6.01. The lowest BCUT2D eigenvalue weighted by Gasteiger charge is -2.44. The molecule has 0 aliphatic heterocycles. The van der Waals surface area contributed by atoms with Crippen molar-refractivity contribution in [3.8, 4) is 0 Å². The zero-order chi connectivity index (χ0) is 28.0. The van der Waals surface area contributed by atoms with E-state index < -0.39 is 29.1 Å². The molecule has 1 rings (SSSR count). The molecule has 0 heterocycles. The van der Waals surface area contributed by atoms with Gasteiger partial charge in [0, 0.05) is 31.5 Å². The zero-order valence-corrected chi connectivity index (χ0v) is 23.9. The Labute approximate surface area is 227 Å². The Hall–Kier alpha value is -1.83. The van der Waals surface area contributed by atoms with E-state index >= 15 is 0 Å². The third-order valence-electron chi connectivity index (χ3n) is 7.44. The Kier molecular flexibility index (Phi) is 15.2. The molecule has 8 heteroatoms. The van der Waals surface area contributed by atoms with Gasteiger partial charge in [-0.3, -0.25) is 19.2 Å². The summed E-state index contributed by atoms with van der Waals surface area (Å²) in [6, 6.07) is 0. The first-order valence-electron chi connectivity index (χ1n) is 13.5. The largest absolute Gasteiger partial charge is 0.388 e. The first-order chi connectivity index (χ1) is 17.5. The van der Waals surface area contributed by atoms with Crippen molar-refractivity contribution in [1.29, 1.82) is 0 Å². The van der Waals surface area contributed by atoms with Crippen LogP contribution in [0.25, 0.3) is 0 Å². The average Bonchev–Trinajstić information content (AvgIpc) is 2.83. The summed E-state index contributed by atoms with van der Waals surface area (Å²) in [6.45, 7) is 6.21. The maximum absolute atomic E-state index is 13.1. The van der Waals surface area contributed by atoms with Gasteiger partial charge in [-0.05, 0) is 52.0 Å². The molecule has 1 amide bonds. The summed E-state index contributed by atoms with van der Waals surface area (Å²) in [6.07, 6.45) is 12.9. The summed E-state index contributed by atoms with van der Waals surface area (Å²) in [5.74, 6) is -4.39. The number of aliphatic hydroxyl groups is 1. The van der Waals surface area contributed by atoms with Crippen molar-refractivity contribution in [3.63, 3.8) is 0 Å². The van der Waals surface area contributed by atoms with Crippen LogP contribution in [0.15, 0.2) is 23.3 Å². The fraction of sp³-hybridized carbons (Fsp3) is 0.724. The van der Waals surface area contributed by atoms with E-state index in [1.54, 1.807) is 7.11 Å². The molecular formula is C29H46ClNO6. The summed E-state index contributed by atoms with van der Waals surface area (Å²) in [4.78, 5) is 49.8. The zero-order valence-electron chi connectivity index (χ0n) is 23.2. The van der Waals surface area contributed by atoms with Gasteiger partial charge in [0.25, 0.3) is 0 Å². The van der Waals surface area contributed by atoms with Gasteiger partial charge < -0.3 is 15.2 Å². The second kappa shape index (κ2) is 16.9. The van der Waals surface area contributed by atoms with Crippen LogP contribution in [0.5, 0.6) is 0 Å². The van der Waals surface area contributed by atoms with Crippen molar-refractivity contribution in [2.45, 2.75) is 104 Å². The predicted octanol–water partition coefficient (Wildman–Crippen LogP) is 5.08. The lowest BCUT2D eigenvalue weighted by Crippen LogP contribution is -2.57. The van der Waals surface area contributed by atoms with Crippen LogP contribution in [-0.2, 0) is 23.9 Å². The van der Waals surface area contributed by atoms with Gasteiger partial charge in [-0.15, -0.1) is 0 Å². The molecule has 0 spiro atoms. The van der Waals surface area contributed by atoms with E-state index in [9.17, 15) is 24.3 Å². The van der Waals surface area contributed by atoms with Crippen LogP contribution in [-0.4, -0.2) is 53.7 Å². The molecule has 0 bridgehead atoms. The normalized spacial score (nSPS) is 25.3. The lowest BCUT2D eigenvalue weighted by atomic mass is 9.61. The number of halogens is 1. The van der Waals surface area contributed by atoms with Crippen LogP contribution in [0.2, 0.25) is 0 Å². The van der Waals surface area contributed by atoms with Crippen molar-refractivity contribution in [2.75, 3.05) is 13.7 Å². The number of amides is 1. The number of methoxy groups -OCH3 is 1. The molecule has 7 nitrogen and oxygen atoms in total. The van der Waals surface area contributed by atoms with E-state index in [0.29, 0.717) is 6.42 Å². The summed E-state index contributed by atoms with van der Waals surface area (Å²) in [7, 11) is 1.73. The van der Waals surface area contributed by atoms with Crippen molar-refractivity contribution >= 4 is 34.9 Å². The van der Waals surface area contributed by atoms with E-state index in [0.717, 1.165) is 24.8 Å². The molecule has 0 radical (unpaired) electrons. The third kappa shape index (κ3) is 10.5. The minimum Gasteiger partial charge on any atom is -0.388 e. The highest BCUT2D eigenvalue weighted by molar-refractivity contribution is 6.26. The molecule has 0 unspecified atom stereocenters. The van der Waals surface area contributed by atoms with Crippen LogP contribution in [0.3, 0.4) is 0 Å². The highest BCUT2D eigenvalue weighted by atomic mass is 35.5. The maximum Gasteiger partial charge on any atom is 0.220 e. The van der Waals surface area contributed by atoms with Crippen LogP contribution in [0.4, 0.5) is 0 Å². The first-order valence-corrected chi connectivity index (χ1v) is 13.9. The number of Topliss-reactive ketones (excluding diaryl/α,β-unsaturated/α-hetero) is 3. The minimum atomic E-state index is -1.71. The van der Waals surface area contributed by atoms with E-state index in [-0.39, 0.29) is 48.5 Å². The number of carbonyl (C=O) groups is 4. The van der Waals surface area contributed by atoms with Crippen molar-refractivity contribution in [3.05, 3.63) is 23.3 Å². The summed E-state index contributed by atoms with van der Waals surface area (Å²) < 4.78 is 5.55. The Bertz CT molecular complexity index is 834. The van der Waals surface area contributed by atoms with Crippen molar-refractivity contribution < 1.29 is 29.0 Å². The Morgan fingerprint density at radius 2 is 1.84 bits per heavy atom. The molecule has 1 saturated carbocycles. The van der Waals surface area contributed by atoms with Gasteiger partial charge in [0.05, 0.1) is 23.5 Å². The molecular weight excluding hydrogens is 494 g/mol. The molecule has 1 aliphatic carbocycles. The van der Waals surface area contributed by atoms with Gasteiger partial charge in [-0.2, -0.15) is 0 Å². The molecule has 37 heavy (non-hydrogen) atoms. The molecule has 1 fully saturated rings. The molecule has 2 N–H and O–H groups in total. The summed E-state index contributed by atoms with van der Waals surface area (Å²) in [5, 5.41) is 13.9. The first kappa shape index (κ1) is 33.2. The van der Waals surface area contributed by atoms with Crippen LogP contribution >= 0.6 is 11.6 Å². The fourth-order valence-corrected chi connectivity index (χ4v) is 5.37. The van der Waals surface area contributed by atoms with Gasteiger partial charge in [0.1, 0.15) is 11.6 Å². The molecule has 1 aliphatic rings. The number of rotatable bonds is 17. The molecule has 0 aromatic carbocycles. The predicted molar refractivity (Wildman–Crippen MR) is 146 cm³/mol. The van der Waals surface area contributed by atoms with Gasteiger partial charge in [0.15, 0.2) is 5.78 Å². The highest BCUT2D eigenvalue weighted by Gasteiger charge is 2.54. The van der Waals surface area contributed by atoms with E-state index in [2.05, 4.69) is 12.2 Å². The van der Waals surface area contributed by atoms with E-state index in [4.69, 9.17) is 16.3 Å². The standard InChI is InChI=1S/C29H46ClNO6/c1-6-7-8-9-11-14-23(37-5)15-12-10-13-16-26(34)31-19-22(18-30)27-28(35)24(20(2)32)17-25(21(3)33)29(27,4)36/h10,12,18,23-25,27,36H,6-9,11,13-17,19H2,1-5H3,(H,31,34)/b12-10+,22-18-/t23-,24-,25+,27-,29-/m0/s1. The number of ether oxygens (including phenoxy) is 1. The SMILES string of the molecule is CCCCCCC[C@@H](C/C=C/CCC(=O)NC/C(=C/Cl)[C@H]1C(=O)[C@H](C(C)=O)C[C@H](C(C)=O)[C@]1(C)O)OC. The number of hydrogen-bond acceptors (Lipinski definition) is 6. The van der Waals surface area contributed by atoms with Gasteiger partial charge in [0.2, 0.25) is 5.91 Å². The molecule has 0 saturated heterocycles. The second-order valence-electron chi connectivity index (χ2n) is 10.4. The molecule has 0 aromatic heterocycles. The van der Waals surface area contributed by atoms with Gasteiger partial charge in [-0.25, -0.2) is 0 Å². The number of allylic oxidation sites excluding steroid dienone is 1. The second-order valence-corrected chi connectivity index (χ2v) is 10.6. The Morgan fingerprint density at radius 3 is 2.41 bits per heavy atom. The average molecular weight is 540 g/mol. The van der Waals surface area contributed by atoms with Gasteiger partial charge in [-0.1, -0.05) is 62.8 Å². The molecule has 5 atom stereocenters. The quantitative estimate of drug-likeness (QED) is 0.151. The third-order valence-corrected chi connectivity index (χ3v) is 7.72. The van der Waals surface area contributed by atoms with Crippen molar-refractivity contribution in [1.82, 2.24) is 5.32 Å². The van der Waals surface area contributed by atoms with E-state index in [1.807, 2.05) is 12.2 Å². The smallest absolute Gasteiger partial charge is 0.220 e. The highest BCUT2D eigenvalue weighted by Crippen LogP contribution is 2.43. The monoisotopic (exact) mass is 539 g/mol. The number of carbonyl (C=O) groups excluding carboxylic acids is 4. The lowest BCUT2D eigenvalue weighted by molar-refractivity contribution is -0.156. The summed E-state index contributed by atoms with van der Waals surface area (Å²) in [5.41, 5.74) is -0.277. The fourth-order valence-electron chi connectivity index (χ4n) is 5.16. The van der Waals surface area contributed by atoms with Gasteiger partial charge >= 0.3 is 0 Å². The maximum atomic E-state index is 13.1. The number of hydrogen-bond donors (Lipinski definition) is 2. The number of nitrogens with one attached hydrogen (secondary N) is 1. The molecule has 0 aromatic rings. The Balaban J connectivity index is 2.62. The van der Waals surface area contributed by atoms with Crippen LogP contribution in [0.1, 0.15) is 91.9 Å². The minimum absolute atomic E-state index is 0.0238.